The van der Waals surface area contributed by atoms with Crippen molar-refractivity contribution >= 4 is 22.5 Å². The van der Waals surface area contributed by atoms with Gasteiger partial charge in [-0.2, -0.15) is 5.10 Å². The SMILES string of the molecule is Cc1cc(C)cc(-n2nc(C)cc2NC(=O)c2ccc(S(C)=O)cc2)c1. The Morgan fingerprint density at radius 2 is 1.62 bits per heavy atom. The van der Waals surface area contributed by atoms with Crippen LogP contribution in [0.5, 0.6) is 0 Å². The number of rotatable bonds is 4. The summed E-state index contributed by atoms with van der Waals surface area (Å²) < 4.78 is 13.2. The first-order chi connectivity index (χ1) is 12.3. The number of aromatic nitrogens is 2. The van der Waals surface area contributed by atoms with Crippen molar-refractivity contribution in [2.45, 2.75) is 25.7 Å². The van der Waals surface area contributed by atoms with E-state index in [1.165, 1.54) is 0 Å². The van der Waals surface area contributed by atoms with Gasteiger partial charge in [-0.3, -0.25) is 9.00 Å². The second kappa shape index (κ2) is 7.25. The summed E-state index contributed by atoms with van der Waals surface area (Å²) in [6.07, 6.45) is 1.61. The maximum absolute atomic E-state index is 12.6. The van der Waals surface area contributed by atoms with Crippen LogP contribution in [0, 0.1) is 20.8 Å². The van der Waals surface area contributed by atoms with Gasteiger partial charge in [-0.15, -0.1) is 0 Å². The van der Waals surface area contributed by atoms with Crippen LogP contribution in [-0.4, -0.2) is 26.2 Å². The molecule has 6 heteroatoms. The highest BCUT2D eigenvalue weighted by atomic mass is 32.2. The van der Waals surface area contributed by atoms with Crippen molar-refractivity contribution in [3.05, 3.63) is 70.9 Å². The minimum Gasteiger partial charge on any atom is -0.306 e. The lowest BCUT2D eigenvalue weighted by Gasteiger charge is -2.11. The van der Waals surface area contributed by atoms with Crippen LogP contribution in [0.2, 0.25) is 0 Å². The largest absolute Gasteiger partial charge is 0.306 e. The molecule has 1 aromatic heterocycles. The van der Waals surface area contributed by atoms with Gasteiger partial charge in [-0.05, 0) is 68.3 Å². The molecule has 1 atom stereocenters. The van der Waals surface area contributed by atoms with Crippen molar-refractivity contribution in [3.63, 3.8) is 0 Å². The molecule has 0 saturated carbocycles. The first-order valence-electron chi connectivity index (χ1n) is 8.23. The summed E-state index contributed by atoms with van der Waals surface area (Å²) in [4.78, 5) is 13.3. The Morgan fingerprint density at radius 1 is 1.00 bits per heavy atom. The van der Waals surface area contributed by atoms with Crippen molar-refractivity contribution in [1.29, 1.82) is 0 Å². The van der Waals surface area contributed by atoms with E-state index in [9.17, 15) is 9.00 Å². The summed E-state index contributed by atoms with van der Waals surface area (Å²) in [5.41, 5.74) is 4.49. The molecular formula is C20H21N3O2S. The van der Waals surface area contributed by atoms with E-state index in [0.29, 0.717) is 16.3 Å². The molecule has 0 fully saturated rings. The highest BCUT2D eigenvalue weighted by Crippen LogP contribution is 2.20. The predicted octanol–water partition coefficient (Wildman–Crippen LogP) is 3.79. The number of nitrogens with one attached hydrogen (secondary N) is 1. The molecule has 0 aliphatic heterocycles. The van der Waals surface area contributed by atoms with Crippen molar-refractivity contribution in [3.8, 4) is 5.69 Å². The fourth-order valence-corrected chi connectivity index (χ4v) is 3.36. The summed E-state index contributed by atoms with van der Waals surface area (Å²) in [5, 5.41) is 7.43. The quantitative estimate of drug-likeness (QED) is 0.763. The molecule has 1 heterocycles. The summed E-state index contributed by atoms with van der Waals surface area (Å²) in [7, 11) is -1.06. The minimum atomic E-state index is -1.06. The van der Waals surface area contributed by atoms with E-state index >= 15 is 0 Å². The molecule has 26 heavy (non-hydrogen) atoms. The molecule has 2 aromatic carbocycles. The Morgan fingerprint density at radius 3 is 2.19 bits per heavy atom. The van der Waals surface area contributed by atoms with Gasteiger partial charge >= 0.3 is 0 Å². The molecule has 0 aliphatic rings. The number of amides is 1. The lowest BCUT2D eigenvalue weighted by molar-refractivity contribution is 0.102. The molecule has 134 valence electrons. The Labute approximate surface area is 155 Å². The molecule has 0 spiro atoms. The van der Waals surface area contributed by atoms with Gasteiger partial charge in [0.25, 0.3) is 5.91 Å². The van der Waals surface area contributed by atoms with Gasteiger partial charge in [0.05, 0.1) is 11.4 Å². The van der Waals surface area contributed by atoms with Gasteiger partial charge < -0.3 is 5.32 Å². The van der Waals surface area contributed by atoms with Gasteiger partial charge in [0, 0.05) is 33.6 Å². The van der Waals surface area contributed by atoms with Crippen molar-refractivity contribution in [1.82, 2.24) is 9.78 Å². The van der Waals surface area contributed by atoms with Gasteiger partial charge in [0.1, 0.15) is 5.82 Å². The van der Waals surface area contributed by atoms with E-state index in [2.05, 4.69) is 16.5 Å². The van der Waals surface area contributed by atoms with Crippen LogP contribution in [0.1, 0.15) is 27.2 Å². The fraction of sp³-hybridized carbons (Fsp3) is 0.200. The average Bonchev–Trinajstić information content (AvgIpc) is 2.94. The van der Waals surface area contributed by atoms with Crippen LogP contribution < -0.4 is 5.32 Å². The van der Waals surface area contributed by atoms with Gasteiger partial charge in [-0.1, -0.05) is 6.07 Å². The molecule has 1 N–H and O–H groups in total. The number of anilines is 1. The lowest BCUT2D eigenvalue weighted by atomic mass is 10.1. The number of hydrogen-bond acceptors (Lipinski definition) is 3. The van der Waals surface area contributed by atoms with Gasteiger partial charge in [-0.25, -0.2) is 4.68 Å². The normalized spacial score (nSPS) is 12.0. The molecule has 0 bridgehead atoms. The standard InChI is InChI=1S/C20H21N3O2S/c1-13-9-14(2)11-17(10-13)23-19(12-15(3)22-23)21-20(24)16-5-7-18(8-6-16)26(4)25/h5-12H,1-4H3,(H,21,24). The van der Waals surface area contributed by atoms with E-state index in [0.717, 1.165) is 22.5 Å². The third kappa shape index (κ3) is 3.91. The molecule has 5 nitrogen and oxygen atoms in total. The van der Waals surface area contributed by atoms with Crippen LogP contribution in [0.15, 0.2) is 53.4 Å². The Kier molecular flexibility index (Phi) is 5.04. The predicted molar refractivity (Wildman–Crippen MR) is 105 cm³/mol. The smallest absolute Gasteiger partial charge is 0.256 e. The molecule has 3 aromatic rings. The third-order valence-corrected chi connectivity index (χ3v) is 4.91. The van der Waals surface area contributed by atoms with Crippen LogP contribution in [-0.2, 0) is 10.8 Å². The van der Waals surface area contributed by atoms with E-state index in [4.69, 9.17) is 0 Å². The molecule has 1 unspecified atom stereocenters. The van der Waals surface area contributed by atoms with Gasteiger partial charge in [0.15, 0.2) is 0 Å². The second-order valence-corrected chi connectivity index (χ2v) is 7.74. The van der Waals surface area contributed by atoms with Gasteiger partial charge in [0.2, 0.25) is 0 Å². The van der Waals surface area contributed by atoms with Crippen LogP contribution >= 0.6 is 0 Å². The van der Waals surface area contributed by atoms with Crippen molar-refractivity contribution < 1.29 is 9.00 Å². The molecular weight excluding hydrogens is 346 g/mol. The zero-order valence-corrected chi connectivity index (χ0v) is 16.1. The number of aryl methyl sites for hydroxylation is 3. The molecule has 1 amide bonds. The maximum atomic E-state index is 12.6. The Hall–Kier alpha value is -2.73. The fourth-order valence-electron chi connectivity index (χ4n) is 2.84. The zero-order chi connectivity index (χ0) is 18.8. The van der Waals surface area contributed by atoms with Crippen molar-refractivity contribution in [2.24, 2.45) is 0 Å². The van der Waals surface area contributed by atoms with Crippen molar-refractivity contribution in [2.75, 3.05) is 11.6 Å². The monoisotopic (exact) mass is 367 g/mol. The van der Waals surface area contributed by atoms with E-state index in [1.54, 1.807) is 35.2 Å². The van der Waals surface area contributed by atoms with E-state index < -0.39 is 10.8 Å². The van der Waals surface area contributed by atoms with Crippen LogP contribution in [0.3, 0.4) is 0 Å². The Balaban J connectivity index is 1.90. The Bertz CT molecular complexity index is 971. The third-order valence-electron chi connectivity index (χ3n) is 3.97. The summed E-state index contributed by atoms with van der Waals surface area (Å²) in [6.45, 7) is 5.95. The molecule has 0 aliphatic carbocycles. The molecule has 0 saturated heterocycles. The number of carbonyl (C=O) groups excluding carboxylic acids is 1. The maximum Gasteiger partial charge on any atom is 0.256 e. The van der Waals surface area contributed by atoms with Crippen LogP contribution in [0.4, 0.5) is 5.82 Å². The number of nitrogens with zero attached hydrogens (tertiary/aromatic N) is 2. The first-order valence-corrected chi connectivity index (χ1v) is 9.79. The molecule has 3 rings (SSSR count). The second-order valence-electron chi connectivity index (χ2n) is 6.36. The van der Waals surface area contributed by atoms with Crippen LogP contribution in [0.25, 0.3) is 5.69 Å². The highest BCUT2D eigenvalue weighted by Gasteiger charge is 2.13. The lowest BCUT2D eigenvalue weighted by Crippen LogP contribution is -2.15. The number of benzene rings is 2. The summed E-state index contributed by atoms with van der Waals surface area (Å²) >= 11 is 0. The topological polar surface area (TPSA) is 64.0 Å². The minimum absolute atomic E-state index is 0.232. The van der Waals surface area contributed by atoms with E-state index in [-0.39, 0.29) is 5.91 Å². The average molecular weight is 367 g/mol. The number of hydrogen-bond donors (Lipinski definition) is 1. The zero-order valence-electron chi connectivity index (χ0n) is 15.2. The first kappa shape index (κ1) is 18.1. The molecule has 0 radical (unpaired) electrons. The summed E-state index contributed by atoms with van der Waals surface area (Å²) in [6, 6.07) is 14.8. The van der Waals surface area contributed by atoms with E-state index in [1.807, 2.05) is 39.0 Å². The number of carbonyl (C=O) groups is 1. The summed E-state index contributed by atoms with van der Waals surface area (Å²) in [5.74, 6) is 0.379. The highest BCUT2D eigenvalue weighted by molar-refractivity contribution is 7.84.